The summed E-state index contributed by atoms with van der Waals surface area (Å²) in [6, 6.07) is 6.45. The Labute approximate surface area is 111 Å². The van der Waals surface area contributed by atoms with Gasteiger partial charge in [-0.15, -0.1) is 0 Å². The summed E-state index contributed by atoms with van der Waals surface area (Å²) in [5.41, 5.74) is 0.860. The highest BCUT2D eigenvalue weighted by molar-refractivity contribution is 5.95. The predicted molar refractivity (Wildman–Crippen MR) is 68.9 cm³/mol. The van der Waals surface area contributed by atoms with Gasteiger partial charge in [0, 0.05) is 5.69 Å². The van der Waals surface area contributed by atoms with Crippen LogP contribution >= 0.6 is 0 Å². The van der Waals surface area contributed by atoms with Gasteiger partial charge in [0.25, 0.3) is 0 Å². The van der Waals surface area contributed by atoms with Crippen molar-refractivity contribution in [2.75, 3.05) is 31.7 Å². The summed E-state index contributed by atoms with van der Waals surface area (Å²) in [7, 11) is 0. The van der Waals surface area contributed by atoms with Crippen LogP contribution < -0.4 is 5.32 Å². The van der Waals surface area contributed by atoms with E-state index in [4.69, 9.17) is 14.6 Å². The Morgan fingerprint density at radius 1 is 1.37 bits per heavy atom. The molecule has 0 fully saturated rings. The van der Waals surface area contributed by atoms with E-state index in [0.29, 0.717) is 17.9 Å². The molecule has 0 unspecified atom stereocenters. The summed E-state index contributed by atoms with van der Waals surface area (Å²) >= 11 is 0. The van der Waals surface area contributed by atoms with Crippen LogP contribution in [0.15, 0.2) is 24.3 Å². The molecule has 6 nitrogen and oxygen atoms in total. The summed E-state index contributed by atoms with van der Waals surface area (Å²) in [6.07, 6.45) is 0. The van der Waals surface area contributed by atoms with E-state index in [1.54, 1.807) is 25.1 Å². The molecule has 0 aliphatic carbocycles. The third kappa shape index (κ3) is 5.50. The second-order valence-electron chi connectivity index (χ2n) is 3.63. The van der Waals surface area contributed by atoms with Gasteiger partial charge in [-0.25, -0.2) is 4.79 Å². The molecule has 1 rings (SSSR count). The Morgan fingerprint density at radius 3 is 2.84 bits per heavy atom. The van der Waals surface area contributed by atoms with Crippen molar-refractivity contribution in [2.24, 2.45) is 0 Å². The fourth-order valence-electron chi connectivity index (χ4n) is 1.36. The van der Waals surface area contributed by atoms with Gasteiger partial charge in [-0.3, -0.25) is 4.79 Å². The highest BCUT2D eigenvalue weighted by Crippen LogP contribution is 2.11. The molecule has 0 aliphatic heterocycles. The fraction of sp³-hybridized carbons (Fsp3) is 0.385. The number of esters is 1. The molecule has 0 aromatic heterocycles. The molecule has 0 saturated carbocycles. The lowest BCUT2D eigenvalue weighted by Crippen LogP contribution is -2.19. The predicted octanol–water partition coefficient (Wildman–Crippen LogP) is 0.811. The first kappa shape index (κ1) is 15.1. The number of benzene rings is 1. The van der Waals surface area contributed by atoms with E-state index in [1.807, 2.05) is 0 Å². The molecule has 0 saturated heterocycles. The number of carbonyl (C=O) groups is 2. The number of rotatable bonds is 7. The Balaban J connectivity index is 2.56. The minimum atomic E-state index is -0.435. The average molecular weight is 267 g/mol. The van der Waals surface area contributed by atoms with Gasteiger partial charge in [-0.05, 0) is 25.1 Å². The van der Waals surface area contributed by atoms with Gasteiger partial charge in [-0.1, -0.05) is 6.07 Å². The average Bonchev–Trinajstić information content (AvgIpc) is 2.39. The first-order chi connectivity index (χ1) is 9.17. The van der Waals surface area contributed by atoms with Gasteiger partial charge in [-0.2, -0.15) is 0 Å². The molecule has 0 atom stereocenters. The summed E-state index contributed by atoms with van der Waals surface area (Å²) in [5, 5.41) is 11.1. The van der Waals surface area contributed by atoms with Crippen molar-refractivity contribution in [3.8, 4) is 0 Å². The standard InChI is InChI=1S/C13H17NO5/c1-2-19-13(17)10-4-3-5-11(8-10)14-12(16)9-18-7-6-15/h3-5,8,15H,2,6-7,9H2,1H3,(H,14,16). The lowest BCUT2D eigenvalue weighted by molar-refractivity contribution is -0.120. The molecule has 1 amide bonds. The Morgan fingerprint density at radius 2 is 2.16 bits per heavy atom. The van der Waals surface area contributed by atoms with Gasteiger partial charge < -0.3 is 19.9 Å². The second-order valence-corrected chi connectivity index (χ2v) is 3.63. The number of hydrogen-bond donors (Lipinski definition) is 2. The zero-order chi connectivity index (χ0) is 14.1. The molecule has 19 heavy (non-hydrogen) atoms. The minimum absolute atomic E-state index is 0.107. The topological polar surface area (TPSA) is 84.9 Å². The Bertz CT molecular complexity index is 433. The van der Waals surface area contributed by atoms with E-state index in [0.717, 1.165) is 0 Å². The van der Waals surface area contributed by atoms with Crippen LogP contribution in [0.1, 0.15) is 17.3 Å². The van der Waals surface area contributed by atoms with Crippen molar-refractivity contribution in [2.45, 2.75) is 6.92 Å². The van der Waals surface area contributed by atoms with Gasteiger partial charge in [0.15, 0.2) is 0 Å². The summed E-state index contributed by atoms with van der Waals surface area (Å²) < 4.78 is 9.74. The third-order valence-electron chi connectivity index (χ3n) is 2.13. The van der Waals surface area contributed by atoms with Crippen LogP contribution in [0, 0.1) is 0 Å². The zero-order valence-corrected chi connectivity index (χ0v) is 10.7. The van der Waals surface area contributed by atoms with E-state index >= 15 is 0 Å². The van der Waals surface area contributed by atoms with Crippen LogP contribution in [-0.4, -0.2) is 43.4 Å². The van der Waals surface area contributed by atoms with Crippen LogP contribution in [0.4, 0.5) is 5.69 Å². The van der Waals surface area contributed by atoms with Crippen molar-refractivity contribution in [1.82, 2.24) is 0 Å². The van der Waals surface area contributed by atoms with E-state index in [-0.39, 0.29) is 25.7 Å². The zero-order valence-electron chi connectivity index (χ0n) is 10.7. The first-order valence-corrected chi connectivity index (χ1v) is 5.93. The number of aliphatic hydroxyl groups is 1. The summed E-state index contributed by atoms with van der Waals surface area (Å²) in [5.74, 6) is -0.787. The molecule has 2 N–H and O–H groups in total. The molecule has 0 radical (unpaired) electrons. The molecule has 6 heteroatoms. The smallest absolute Gasteiger partial charge is 0.338 e. The highest BCUT2D eigenvalue weighted by atomic mass is 16.5. The van der Waals surface area contributed by atoms with Gasteiger partial charge >= 0.3 is 5.97 Å². The van der Waals surface area contributed by atoms with E-state index in [2.05, 4.69) is 5.32 Å². The maximum absolute atomic E-state index is 11.5. The summed E-state index contributed by atoms with van der Waals surface area (Å²) in [6.45, 7) is 1.85. The molecule has 0 aliphatic rings. The highest BCUT2D eigenvalue weighted by Gasteiger charge is 2.08. The number of nitrogens with one attached hydrogen (secondary N) is 1. The number of hydrogen-bond acceptors (Lipinski definition) is 5. The number of carbonyl (C=O) groups excluding carboxylic acids is 2. The fourth-order valence-corrected chi connectivity index (χ4v) is 1.36. The van der Waals surface area contributed by atoms with Crippen LogP contribution in [0.3, 0.4) is 0 Å². The molecule has 0 bridgehead atoms. The Kier molecular flexibility index (Phi) is 6.56. The van der Waals surface area contributed by atoms with E-state index in [1.165, 1.54) is 6.07 Å². The molecule has 0 spiro atoms. The maximum Gasteiger partial charge on any atom is 0.338 e. The Hall–Kier alpha value is -1.92. The molecular weight excluding hydrogens is 250 g/mol. The number of amides is 1. The maximum atomic E-state index is 11.5. The third-order valence-corrected chi connectivity index (χ3v) is 2.13. The SMILES string of the molecule is CCOC(=O)c1cccc(NC(=O)COCCO)c1. The van der Waals surface area contributed by atoms with E-state index in [9.17, 15) is 9.59 Å². The largest absolute Gasteiger partial charge is 0.462 e. The molecular formula is C13H17NO5. The molecule has 0 heterocycles. The van der Waals surface area contributed by atoms with Crippen molar-refractivity contribution >= 4 is 17.6 Å². The molecule has 1 aromatic carbocycles. The van der Waals surface area contributed by atoms with E-state index < -0.39 is 5.97 Å². The normalized spacial score (nSPS) is 10.0. The van der Waals surface area contributed by atoms with Gasteiger partial charge in [0.2, 0.25) is 5.91 Å². The molecule has 104 valence electrons. The number of anilines is 1. The number of aliphatic hydroxyl groups excluding tert-OH is 1. The van der Waals surface area contributed by atoms with Crippen LogP contribution in [0.2, 0.25) is 0 Å². The quantitative estimate of drug-likeness (QED) is 0.564. The molecule has 1 aromatic rings. The van der Waals surface area contributed by atoms with Crippen molar-refractivity contribution in [3.63, 3.8) is 0 Å². The first-order valence-electron chi connectivity index (χ1n) is 5.93. The van der Waals surface area contributed by atoms with Gasteiger partial charge in [0.1, 0.15) is 6.61 Å². The van der Waals surface area contributed by atoms with Crippen molar-refractivity contribution in [1.29, 1.82) is 0 Å². The van der Waals surface area contributed by atoms with Crippen molar-refractivity contribution < 1.29 is 24.2 Å². The number of ether oxygens (including phenoxy) is 2. The minimum Gasteiger partial charge on any atom is -0.462 e. The van der Waals surface area contributed by atoms with Crippen LogP contribution in [-0.2, 0) is 14.3 Å². The van der Waals surface area contributed by atoms with Gasteiger partial charge in [0.05, 0.1) is 25.4 Å². The van der Waals surface area contributed by atoms with Crippen molar-refractivity contribution in [3.05, 3.63) is 29.8 Å². The lowest BCUT2D eigenvalue weighted by Gasteiger charge is -2.07. The summed E-state index contributed by atoms with van der Waals surface area (Å²) in [4.78, 5) is 23.0. The van der Waals surface area contributed by atoms with Crippen LogP contribution in [0.5, 0.6) is 0 Å². The second kappa shape index (κ2) is 8.23. The lowest BCUT2D eigenvalue weighted by atomic mass is 10.2. The monoisotopic (exact) mass is 267 g/mol. The van der Waals surface area contributed by atoms with Crippen LogP contribution in [0.25, 0.3) is 0 Å².